The van der Waals surface area contributed by atoms with Gasteiger partial charge in [0.2, 0.25) is 5.76 Å². The third-order valence-corrected chi connectivity index (χ3v) is 7.58. The Labute approximate surface area is 216 Å². The SMILES string of the molecule is C1C[N-]C2C(C1)CCC1CCC[N-]C12.O=C(/C=C(\O)C(F)(F)F)C1CCCS1.[Eu+2]. The number of rotatable bonds is 2. The van der Waals surface area contributed by atoms with Gasteiger partial charge >= 0.3 is 55.6 Å². The number of alkyl halides is 3. The molecule has 0 aromatic rings. The number of aliphatic hydroxyl groups excluding tert-OH is 1. The maximum Gasteiger partial charge on any atom is 2.00 e. The zero-order chi connectivity index (χ0) is 20.1. The van der Waals surface area contributed by atoms with E-state index in [0.717, 1.165) is 37.1 Å². The Hall–Kier alpha value is 0.854. The molecule has 1 N–H and O–H groups in total. The third kappa shape index (κ3) is 7.45. The zero-order valence-corrected chi connectivity index (χ0v) is 19.7. The summed E-state index contributed by atoms with van der Waals surface area (Å²) in [5.41, 5.74) is 0. The van der Waals surface area contributed by atoms with Crippen molar-refractivity contribution in [1.29, 1.82) is 0 Å². The predicted octanol–water partition coefficient (Wildman–Crippen LogP) is 5.54. The average molecular weight is 570 g/mol. The van der Waals surface area contributed by atoms with Gasteiger partial charge in [0.05, 0.1) is 5.25 Å². The van der Waals surface area contributed by atoms with E-state index in [4.69, 9.17) is 15.7 Å². The Kier molecular flexibility index (Phi) is 11.0. The summed E-state index contributed by atoms with van der Waals surface area (Å²) in [6, 6.07) is 1.26. The summed E-state index contributed by atoms with van der Waals surface area (Å²) in [7, 11) is 0. The van der Waals surface area contributed by atoms with E-state index in [1.165, 1.54) is 50.3 Å². The first-order valence-corrected chi connectivity index (χ1v) is 11.4. The fraction of sp³-hybridized carbons (Fsp3) is 0.850. The second-order valence-electron chi connectivity index (χ2n) is 8.11. The number of aliphatic hydroxyl groups is 1. The van der Waals surface area contributed by atoms with Crippen LogP contribution in [0, 0.1) is 61.2 Å². The molecule has 4 nitrogen and oxygen atoms in total. The van der Waals surface area contributed by atoms with E-state index in [1.54, 1.807) is 0 Å². The van der Waals surface area contributed by atoms with Crippen LogP contribution < -0.4 is 0 Å². The van der Waals surface area contributed by atoms with Crippen LogP contribution in [0.5, 0.6) is 0 Å². The van der Waals surface area contributed by atoms with Crippen molar-refractivity contribution >= 4 is 17.5 Å². The van der Waals surface area contributed by atoms with Crippen LogP contribution in [0.15, 0.2) is 11.8 Å². The number of allylic oxidation sites excluding steroid dienone is 2. The molecule has 1 aliphatic carbocycles. The van der Waals surface area contributed by atoms with Gasteiger partial charge in [-0.3, -0.25) is 4.79 Å². The first-order chi connectivity index (χ1) is 13.4. The Morgan fingerprint density at radius 2 is 1.48 bits per heavy atom. The number of fused-ring (bicyclic) bond motifs is 3. The number of hydrogen-bond donors (Lipinski definition) is 1. The minimum Gasteiger partial charge on any atom is -0.660 e. The van der Waals surface area contributed by atoms with Crippen LogP contribution in [-0.2, 0) is 4.79 Å². The number of nitrogens with zero attached hydrogens (tertiary/aromatic N) is 2. The fourth-order valence-corrected chi connectivity index (χ4v) is 5.95. The monoisotopic (exact) mass is 571 g/mol. The van der Waals surface area contributed by atoms with E-state index in [2.05, 4.69) is 0 Å². The van der Waals surface area contributed by atoms with Crippen molar-refractivity contribution in [2.24, 2.45) is 11.8 Å². The predicted molar refractivity (Wildman–Crippen MR) is 106 cm³/mol. The molecule has 0 aromatic heterocycles. The minimum atomic E-state index is -4.82. The summed E-state index contributed by atoms with van der Waals surface area (Å²) >= 11 is 1.33. The molecule has 5 atom stereocenters. The van der Waals surface area contributed by atoms with E-state index in [9.17, 15) is 18.0 Å². The van der Waals surface area contributed by atoms with Crippen molar-refractivity contribution in [1.82, 2.24) is 0 Å². The molecule has 0 amide bonds. The van der Waals surface area contributed by atoms with Crippen molar-refractivity contribution in [3.05, 3.63) is 22.5 Å². The van der Waals surface area contributed by atoms with Gasteiger partial charge in [-0.05, 0) is 18.6 Å². The molecule has 9 heteroatoms. The molecule has 165 valence electrons. The Morgan fingerprint density at radius 3 is 1.93 bits per heavy atom. The fourth-order valence-electron chi connectivity index (χ4n) is 4.77. The van der Waals surface area contributed by atoms with E-state index in [-0.39, 0.29) is 55.5 Å². The molecule has 4 aliphatic rings. The summed E-state index contributed by atoms with van der Waals surface area (Å²) in [4.78, 5) is 11.1. The summed E-state index contributed by atoms with van der Waals surface area (Å²) in [6.45, 7) is 2.22. The largest absolute Gasteiger partial charge is 2.00 e. The number of ketones is 1. The molecule has 3 aliphatic heterocycles. The van der Waals surface area contributed by atoms with Crippen molar-refractivity contribution in [3.63, 3.8) is 0 Å². The number of thioether (sulfide) groups is 1. The topological polar surface area (TPSA) is 65.5 Å². The maximum atomic E-state index is 11.8. The summed E-state index contributed by atoms with van der Waals surface area (Å²) < 4.78 is 35.5. The molecule has 4 rings (SSSR count). The normalized spacial score (nSPS) is 34.7. The van der Waals surface area contributed by atoms with Gasteiger partial charge in [-0.1, -0.05) is 50.4 Å². The summed E-state index contributed by atoms with van der Waals surface area (Å²) in [5, 5.41) is 17.8. The Balaban J connectivity index is 0.000000200. The van der Waals surface area contributed by atoms with E-state index in [0.29, 0.717) is 18.5 Å². The molecule has 3 heterocycles. The number of halogens is 3. The van der Waals surface area contributed by atoms with Crippen LogP contribution in [-0.4, -0.2) is 53.2 Å². The first-order valence-electron chi connectivity index (χ1n) is 10.3. The number of carbonyl (C=O) groups excluding carboxylic acids is 1. The van der Waals surface area contributed by atoms with Crippen LogP contribution in [0.2, 0.25) is 0 Å². The third-order valence-electron chi connectivity index (χ3n) is 6.19. The Bertz CT molecular complexity index is 548. The van der Waals surface area contributed by atoms with Gasteiger partial charge in [0, 0.05) is 6.08 Å². The van der Waals surface area contributed by atoms with Crippen LogP contribution in [0.1, 0.15) is 51.4 Å². The minimum absolute atomic E-state index is 0. The quantitative estimate of drug-likeness (QED) is 0.350. The van der Waals surface area contributed by atoms with Crippen molar-refractivity contribution < 1.29 is 72.4 Å². The van der Waals surface area contributed by atoms with Crippen LogP contribution in [0.25, 0.3) is 10.6 Å². The second kappa shape index (κ2) is 12.2. The molecule has 1 saturated carbocycles. The smallest absolute Gasteiger partial charge is 0.660 e. The summed E-state index contributed by atoms with van der Waals surface area (Å²) in [6.07, 6.45) is 5.27. The second-order valence-corrected chi connectivity index (χ2v) is 9.42. The molecule has 0 bridgehead atoms. The molecule has 0 spiro atoms. The van der Waals surface area contributed by atoms with Gasteiger partial charge in [-0.2, -0.15) is 24.9 Å². The van der Waals surface area contributed by atoms with Gasteiger partial charge < -0.3 is 15.7 Å². The average Bonchev–Trinajstić information content (AvgIpc) is 3.23. The van der Waals surface area contributed by atoms with Gasteiger partial charge in [0.1, 0.15) is 0 Å². The van der Waals surface area contributed by atoms with Crippen molar-refractivity contribution in [3.8, 4) is 0 Å². The van der Waals surface area contributed by atoms with Crippen molar-refractivity contribution in [2.75, 3.05) is 18.8 Å². The van der Waals surface area contributed by atoms with E-state index >= 15 is 0 Å². The molecule has 4 fully saturated rings. The van der Waals surface area contributed by atoms with Crippen molar-refractivity contribution in [2.45, 2.75) is 74.9 Å². The zero-order valence-electron chi connectivity index (χ0n) is 16.4. The standard InChI is InChI=1S/C12H20N2.C8H9F3O2S.Eu/c1-3-9-5-6-10-4-2-8-14-12(10)11(9)13-7-1;9-8(10,11)7(13)4-5(12)6-2-1-3-14-6;/h9-12H,1-8H2;4,6,13H,1-3H2;/q-2;;+2/b;7-4-;. The molecular weight excluding hydrogens is 541 g/mol. The van der Waals surface area contributed by atoms with E-state index < -0.39 is 23.0 Å². The van der Waals surface area contributed by atoms with Gasteiger partial charge in [-0.15, -0.1) is 25.2 Å². The Morgan fingerprint density at radius 1 is 0.931 bits per heavy atom. The van der Waals surface area contributed by atoms with E-state index in [1.807, 2.05) is 0 Å². The van der Waals surface area contributed by atoms with Gasteiger partial charge in [0.15, 0.2) is 5.78 Å². The molecule has 0 aromatic carbocycles. The molecule has 3 saturated heterocycles. The molecular formula is C20H29EuF3N2O2S. The van der Waals surface area contributed by atoms with Crippen LogP contribution >= 0.6 is 11.8 Å². The number of hydrogen-bond acceptors (Lipinski definition) is 3. The molecule has 29 heavy (non-hydrogen) atoms. The van der Waals surface area contributed by atoms with Crippen LogP contribution in [0.4, 0.5) is 13.2 Å². The summed E-state index contributed by atoms with van der Waals surface area (Å²) in [5.74, 6) is 0.118. The first kappa shape index (κ1) is 26.1. The molecule has 5 unspecified atom stereocenters. The van der Waals surface area contributed by atoms with Crippen LogP contribution in [0.3, 0.4) is 0 Å². The maximum absolute atomic E-state index is 11.8. The number of carbonyl (C=O) groups is 1. The van der Waals surface area contributed by atoms with Gasteiger partial charge in [-0.25, -0.2) is 0 Å². The number of piperidine rings is 2. The molecule has 1 radical (unpaired) electrons. The van der Waals surface area contributed by atoms with Gasteiger partial charge in [0.25, 0.3) is 0 Å².